The van der Waals surface area contributed by atoms with Gasteiger partial charge in [0.05, 0.1) is 18.9 Å². The summed E-state index contributed by atoms with van der Waals surface area (Å²) in [6, 6.07) is 7.76. The molecule has 0 fully saturated rings. The number of nitrogens with zero attached hydrogens (tertiary/aromatic N) is 2. The first kappa shape index (κ1) is 11.4. The van der Waals surface area contributed by atoms with Crippen molar-refractivity contribution in [1.82, 2.24) is 9.78 Å². The normalized spacial score (nSPS) is 10.2. The highest BCUT2D eigenvalue weighted by Crippen LogP contribution is 2.23. The smallest absolute Gasteiger partial charge is 0.165 e. The van der Waals surface area contributed by atoms with E-state index in [-0.39, 0.29) is 12.3 Å². The first-order valence-electron chi connectivity index (χ1n) is 5.40. The number of hydrogen-bond acceptors (Lipinski definition) is 3. The molecule has 0 radical (unpaired) electrons. The van der Waals surface area contributed by atoms with Gasteiger partial charge in [0, 0.05) is 0 Å². The molecule has 0 spiro atoms. The Morgan fingerprint density at radius 1 is 1.41 bits per heavy atom. The van der Waals surface area contributed by atoms with Crippen LogP contribution < -0.4 is 4.74 Å². The SMILES string of the molecule is CC(=O)Cn1cc(Oc2ccccc2C)cn1. The number of rotatable bonds is 4. The summed E-state index contributed by atoms with van der Waals surface area (Å²) in [6.45, 7) is 3.79. The number of hydrogen-bond donors (Lipinski definition) is 0. The zero-order valence-electron chi connectivity index (χ0n) is 9.88. The Morgan fingerprint density at radius 3 is 2.88 bits per heavy atom. The van der Waals surface area contributed by atoms with E-state index in [9.17, 15) is 4.79 Å². The zero-order valence-corrected chi connectivity index (χ0v) is 9.88. The first-order chi connectivity index (χ1) is 8.15. The molecule has 0 saturated carbocycles. The summed E-state index contributed by atoms with van der Waals surface area (Å²) < 4.78 is 7.24. The van der Waals surface area contributed by atoms with Gasteiger partial charge in [0.15, 0.2) is 11.5 Å². The summed E-state index contributed by atoms with van der Waals surface area (Å²) >= 11 is 0. The maximum atomic E-state index is 10.9. The standard InChI is InChI=1S/C13H14N2O2/c1-10-5-3-4-6-13(10)17-12-7-14-15(9-12)8-11(2)16/h3-7,9H,8H2,1-2H3. The minimum Gasteiger partial charge on any atom is -0.454 e. The van der Waals surface area contributed by atoms with Crippen molar-refractivity contribution in [3.05, 3.63) is 42.2 Å². The number of ether oxygens (including phenoxy) is 1. The van der Waals surface area contributed by atoms with Crippen molar-refractivity contribution < 1.29 is 9.53 Å². The lowest BCUT2D eigenvalue weighted by atomic mass is 10.2. The highest BCUT2D eigenvalue weighted by molar-refractivity contribution is 5.75. The summed E-state index contributed by atoms with van der Waals surface area (Å²) in [6.07, 6.45) is 3.32. The Labute approximate surface area is 99.8 Å². The van der Waals surface area contributed by atoms with Crippen LogP contribution >= 0.6 is 0 Å². The van der Waals surface area contributed by atoms with Crippen LogP contribution in [0.3, 0.4) is 0 Å². The quantitative estimate of drug-likeness (QED) is 0.810. The number of aromatic nitrogens is 2. The first-order valence-corrected chi connectivity index (χ1v) is 5.40. The van der Waals surface area contributed by atoms with Crippen molar-refractivity contribution in [2.45, 2.75) is 20.4 Å². The predicted molar refractivity (Wildman–Crippen MR) is 64.2 cm³/mol. The molecule has 4 heteroatoms. The lowest BCUT2D eigenvalue weighted by Gasteiger charge is -2.05. The molecular formula is C13H14N2O2. The Kier molecular flexibility index (Phi) is 3.23. The molecule has 2 aromatic rings. The van der Waals surface area contributed by atoms with Crippen LogP contribution in [-0.4, -0.2) is 15.6 Å². The fourth-order valence-electron chi connectivity index (χ4n) is 1.51. The van der Waals surface area contributed by atoms with Gasteiger partial charge in [-0.3, -0.25) is 9.48 Å². The molecule has 0 unspecified atom stereocenters. The van der Waals surface area contributed by atoms with E-state index in [1.165, 1.54) is 6.92 Å². The van der Waals surface area contributed by atoms with Gasteiger partial charge in [0.2, 0.25) is 0 Å². The molecule has 1 heterocycles. The maximum Gasteiger partial charge on any atom is 0.165 e. The Hall–Kier alpha value is -2.10. The third-order valence-corrected chi connectivity index (χ3v) is 2.32. The van der Waals surface area contributed by atoms with Gasteiger partial charge < -0.3 is 4.74 Å². The van der Waals surface area contributed by atoms with Crippen LogP contribution in [0.2, 0.25) is 0 Å². The van der Waals surface area contributed by atoms with Crippen molar-refractivity contribution in [2.75, 3.05) is 0 Å². The molecule has 0 N–H and O–H groups in total. The average molecular weight is 230 g/mol. The van der Waals surface area contributed by atoms with E-state index < -0.39 is 0 Å². The summed E-state index contributed by atoms with van der Waals surface area (Å²) in [5.74, 6) is 1.51. The number of carbonyl (C=O) groups excluding carboxylic acids is 1. The molecule has 4 nitrogen and oxygen atoms in total. The second-order valence-electron chi connectivity index (χ2n) is 3.94. The Balaban J connectivity index is 2.12. The summed E-state index contributed by atoms with van der Waals surface area (Å²) in [4.78, 5) is 10.9. The van der Waals surface area contributed by atoms with Crippen molar-refractivity contribution in [2.24, 2.45) is 0 Å². The molecule has 0 aliphatic rings. The van der Waals surface area contributed by atoms with Crippen LogP contribution in [-0.2, 0) is 11.3 Å². The minimum absolute atomic E-state index is 0.0653. The number of aryl methyl sites for hydroxylation is 1. The molecule has 0 bridgehead atoms. The summed E-state index contributed by atoms with van der Waals surface area (Å²) in [5, 5.41) is 4.05. The number of carbonyl (C=O) groups is 1. The molecule has 17 heavy (non-hydrogen) atoms. The van der Waals surface area contributed by atoms with E-state index in [1.54, 1.807) is 17.1 Å². The van der Waals surface area contributed by atoms with Crippen LogP contribution in [0.25, 0.3) is 0 Å². The Bertz CT molecular complexity index is 532. The van der Waals surface area contributed by atoms with Gasteiger partial charge in [-0.25, -0.2) is 0 Å². The van der Waals surface area contributed by atoms with E-state index >= 15 is 0 Å². The number of benzene rings is 1. The summed E-state index contributed by atoms with van der Waals surface area (Å²) in [7, 11) is 0. The van der Waals surface area contributed by atoms with E-state index in [2.05, 4.69) is 5.10 Å². The highest BCUT2D eigenvalue weighted by atomic mass is 16.5. The predicted octanol–water partition coefficient (Wildman–Crippen LogP) is 2.57. The second kappa shape index (κ2) is 4.82. The van der Waals surface area contributed by atoms with Crippen LogP contribution in [0.5, 0.6) is 11.5 Å². The van der Waals surface area contributed by atoms with Gasteiger partial charge >= 0.3 is 0 Å². The monoisotopic (exact) mass is 230 g/mol. The van der Waals surface area contributed by atoms with Gasteiger partial charge in [0.1, 0.15) is 5.75 Å². The maximum absolute atomic E-state index is 10.9. The molecular weight excluding hydrogens is 216 g/mol. The van der Waals surface area contributed by atoms with Crippen LogP contribution in [0, 0.1) is 6.92 Å². The number of ketones is 1. The van der Waals surface area contributed by atoms with Gasteiger partial charge in [-0.05, 0) is 25.5 Å². The molecule has 0 aliphatic carbocycles. The number of Topliss-reactive ketones (excluding diaryl/α,β-unsaturated/α-hetero) is 1. The fourth-order valence-corrected chi connectivity index (χ4v) is 1.51. The zero-order chi connectivity index (χ0) is 12.3. The van der Waals surface area contributed by atoms with Gasteiger partial charge in [-0.2, -0.15) is 5.10 Å². The third kappa shape index (κ3) is 2.93. The van der Waals surface area contributed by atoms with Crippen molar-refractivity contribution in [3.8, 4) is 11.5 Å². The summed E-state index contributed by atoms with van der Waals surface area (Å²) in [5.41, 5.74) is 1.06. The van der Waals surface area contributed by atoms with Crippen LogP contribution in [0.1, 0.15) is 12.5 Å². The molecule has 0 atom stereocenters. The van der Waals surface area contributed by atoms with Gasteiger partial charge in [0.25, 0.3) is 0 Å². The van der Waals surface area contributed by atoms with Crippen LogP contribution in [0.15, 0.2) is 36.7 Å². The fraction of sp³-hybridized carbons (Fsp3) is 0.231. The van der Waals surface area contributed by atoms with Gasteiger partial charge in [-0.1, -0.05) is 18.2 Å². The minimum atomic E-state index is 0.0653. The lowest BCUT2D eigenvalue weighted by molar-refractivity contribution is -0.117. The molecule has 2 rings (SSSR count). The van der Waals surface area contributed by atoms with Crippen molar-refractivity contribution >= 4 is 5.78 Å². The second-order valence-corrected chi connectivity index (χ2v) is 3.94. The molecule has 0 aliphatic heterocycles. The third-order valence-electron chi connectivity index (χ3n) is 2.32. The molecule has 0 amide bonds. The van der Waals surface area contributed by atoms with Crippen molar-refractivity contribution in [3.63, 3.8) is 0 Å². The molecule has 1 aromatic heterocycles. The highest BCUT2D eigenvalue weighted by Gasteiger charge is 2.04. The van der Waals surface area contributed by atoms with E-state index in [0.29, 0.717) is 5.75 Å². The van der Waals surface area contributed by atoms with E-state index in [0.717, 1.165) is 11.3 Å². The average Bonchev–Trinajstić information content (AvgIpc) is 2.68. The lowest BCUT2D eigenvalue weighted by Crippen LogP contribution is -2.05. The number of para-hydroxylation sites is 1. The van der Waals surface area contributed by atoms with Gasteiger partial charge in [-0.15, -0.1) is 0 Å². The molecule has 0 saturated heterocycles. The largest absolute Gasteiger partial charge is 0.454 e. The van der Waals surface area contributed by atoms with Crippen molar-refractivity contribution in [1.29, 1.82) is 0 Å². The molecule has 1 aromatic carbocycles. The van der Waals surface area contributed by atoms with Crippen LogP contribution in [0.4, 0.5) is 0 Å². The van der Waals surface area contributed by atoms with E-state index in [4.69, 9.17) is 4.74 Å². The topological polar surface area (TPSA) is 44.1 Å². The van der Waals surface area contributed by atoms with E-state index in [1.807, 2.05) is 31.2 Å². The molecule has 88 valence electrons. The Morgan fingerprint density at radius 2 is 2.18 bits per heavy atom.